The van der Waals surface area contributed by atoms with Crippen LogP contribution in [0.15, 0.2) is 18.2 Å². The topological polar surface area (TPSA) is 67.4 Å². The molecule has 0 radical (unpaired) electrons. The predicted octanol–water partition coefficient (Wildman–Crippen LogP) is 3.66. The van der Waals surface area contributed by atoms with Crippen LogP contribution in [0.25, 0.3) is 0 Å². The summed E-state index contributed by atoms with van der Waals surface area (Å²) >= 11 is 0. The Labute approximate surface area is 151 Å². The minimum absolute atomic E-state index is 0.0200. The van der Waals surface area contributed by atoms with Gasteiger partial charge in [0.05, 0.1) is 0 Å². The van der Waals surface area contributed by atoms with Crippen molar-refractivity contribution in [1.82, 2.24) is 10.6 Å². The third kappa shape index (κ3) is 9.75. The van der Waals surface area contributed by atoms with Gasteiger partial charge in [-0.2, -0.15) is 0 Å². The van der Waals surface area contributed by atoms with Crippen molar-refractivity contribution in [1.29, 1.82) is 0 Å². The zero-order valence-electron chi connectivity index (χ0n) is 16.2. The summed E-state index contributed by atoms with van der Waals surface area (Å²) in [4.78, 5) is 23.2. The molecule has 5 nitrogen and oxygen atoms in total. The fourth-order valence-corrected chi connectivity index (χ4v) is 2.47. The van der Waals surface area contributed by atoms with Crippen molar-refractivity contribution in [2.75, 3.05) is 13.1 Å². The summed E-state index contributed by atoms with van der Waals surface area (Å²) in [6, 6.07) is 6.47. The maximum atomic E-state index is 11.8. The van der Waals surface area contributed by atoms with E-state index < -0.39 is 11.7 Å². The first-order valence-corrected chi connectivity index (χ1v) is 8.97. The van der Waals surface area contributed by atoms with E-state index in [1.165, 1.54) is 16.7 Å². The lowest BCUT2D eigenvalue weighted by atomic mass is 10.0. The molecule has 5 heteroatoms. The first-order chi connectivity index (χ1) is 11.7. The largest absolute Gasteiger partial charge is 0.444 e. The summed E-state index contributed by atoms with van der Waals surface area (Å²) < 4.78 is 5.13. The van der Waals surface area contributed by atoms with Crippen LogP contribution in [0.5, 0.6) is 0 Å². The Morgan fingerprint density at radius 2 is 1.72 bits per heavy atom. The molecule has 0 aliphatic heterocycles. The molecule has 0 fully saturated rings. The lowest BCUT2D eigenvalue weighted by Gasteiger charge is -2.19. The number of hydrogen-bond donors (Lipinski definition) is 2. The highest BCUT2D eigenvalue weighted by atomic mass is 16.6. The van der Waals surface area contributed by atoms with Crippen LogP contribution in [-0.2, 0) is 16.0 Å². The molecule has 0 aliphatic rings. The molecular formula is C20H32N2O3. The van der Waals surface area contributed by atoms with Gasteiger partial charge in [0.2, 0.25) is 5.91 Å². The van der Waals surface area contributed by atoms with Crippen LogP contribution in [0.1, 0.15) is 56.7 Å². The number of carbonyl (C=O) groups is 2. The standard InChI is InChI=1S/C20H32N2O3/c1-15-10-11-17(16(2)14-15)8-6-12-21-18(23)9-7-13-22-19(24)25-20(3,4)5/h10-11,14H,6-9,12-13H2,1-5H3,(H,21,23)(H,22,24). The fourth-order valence-electron chi connectivity index (χ4n) is 2.47. The smallest absolute Gasteiger partial charge is 0.407 e. The molecule has 1 aromatic rings. The number of alkyl carbamates (subject to hydrolysis) is 1. The Hall–Kier alpha value is -2.04. The van der Waals surface area contributed by atoms with E-state index >= 15 is 0 Å². The van der Waals surface area contributed by atoms with Crippen molar-refractivity contribution in [3.63, 3.8) is 0 Å². The summed E-state index contributed by atoms with van der Waals surface area (Å²) in [5.74, 6) is 0.0200. The van der Waals surface area contributed by atoms with Gasteiger partial charge in [0.1, 0.15) is 5.60 Å². The molecular weight excluding hydrogens is 316 g/mol. The van der Waals surface area contributed by atoms with Gasteiger partial charge >= 0.3 is 6.09 Å². The van der Waals surface area contributed by atoms with Gasteiger partial charge in [0.25, 0.3) is 0 Å². The molecule has 1 rings (SSSR count). The van der Waals surface area contributed by atoms with Gasteiger partial charge in [0, 0.05) is 19.5 Å². The summed E-state index contributed by atoms with van der Waals surface area (Å²) in [5, 5.41) is 5.58. The van der Waals surface area contributed by atoms with Crippen LogP contribution in [0.2, 0.25) is 0 Å². The second kappa shape index (κ2) is 10.1. The van der Waals surface area contributed by atoms with E-state index in [-0.39, 0.29) is 5.91 Å². The molecule has 0 spiro atoms. The van der Waals surface area contributed by atoms with Crippen LogP contribution in [0.4, 0.5) is 4.79 Å². The molecule has 0 heterocycles. The monoisotopic (exact) mass is 348 g/mol. The van der Waals surface area contributed by atoms with E-state index in [2.05, 4.69) is 42.7 Å². The number of rotatable bonds is 8. The van der Waals surface area contributed by atoms with Gasteiger partial charge in [0.15, 0.2) is 0 Å². The van der Waals surface area contributed by atoms with Crippen molar-refractivity contribution in [3.8, 4) is 0 Å². The second-order valence-corrected chi connectivity index (χ2v) is 7.42. The number of aryl methyl sites for hydroxylation is 3. The molecule has 0 atom stereocenters. The molecule has 0 saturated heterocycles. The highest BCUT2D eigenvalue weighted by molar-refractivity contribution is 5.75. The lowest BCUT2D eigenvalue weighted by molar-refractivity contribution is -0.121. The molecule has 0 saturated carbocycles. The minimum atomic E-state index is -0.503. The third-order valence-corrected chi connectivity index (χ3v) is 3.69. The molecule has 1 aromatic carbocycles. The van der Waals surface area contributed by atoms with Crippen molar-refractivity contribution in [3.05, 3.63) is 34.9 Å². The maximum absolute atomic E-state index is 11.8. The zero-order chi connectivity index (χ0) is 18.9. The molecule has 2 N–H and O–H groups in total. The SMILES string of the molecule is Cc1ccc(CCCNC(=O)CCCNC(=O)OC(C)(C)C)c(C)c1. The Kier molecular flexibility index (Phi) is 8.46. The normalized spacial score (nSPS) is 11.1. The Balaban J connectivity index is 2.10. The molecule has 2 amide bonds. The van der Waals surface area contributed by atoms with E-state index in [0.29, 0.717) is 25.9 Å². The highest BCUT2D eigenvalue weighted by Crippen LogP contribution is 2.12. The maximum Gasteiger partial charge on any atom is 0.407 e. The Morgan fingerprint density at radius 3 is 2.36 bits per heavy atom. The fraction of sp³-hybridized carbons (Fsp3) is 0.600. The minimum Gasteiger partial charge on any atom is -0.444 e. The second-order valence-electron chi connectivity index (χ2n) is 7.42. The number of ether oxygens (including phenoxy) is 1. The number of nitrogens with one attached hydrogen (secondary N) is 2. The van der Waals surface area contributed by atoms with E-state index in [0.717, 1.165) is 12.8 Å². The first-order valence-electron chi connectivity index (χ1n) is 8.97. The average molecular weight is 348 g/mol. The van der Waals surface area contributed by atoms with Gasteiger partial charge in [-0.25, -0.2) is 4.79 Å². The molecule has 0 unspecified atom stereocenters. The van der Waals surface area contributed by atoms with Crippen molar-refractivity contribution in [2.24, 2.45) is 0 Å². The molecule has 0 bridgehead atoms. The van der Waals surface area contributed by atoms with Gasteiger partial charge in [-0.15, -0.1) is 0 Å². The third-order valence-electron chi connectivity index (χ3n) is 3.69. The Bertz CT molecular complexity index is 577. The zero-order valence-corrected chi connectivity index (χ0v) is 16.2. The first kappa shape index (κ1) is 21.0. The van der Waals surface area contributed by atoms with Crippen LogP contribution in [-0.4, -0.2) is 30.7 Å². The van der Waals surface area contributed by atoms with E-state index in [1.807, 2.05) is 20.8 Å². The van der Waals surface area contributed by atoms with Crippen LogP contribution < -0.4 is 10.6 Å². The number of carbonyl (C=O) groups excluding carboxylic acids is 2. The van der Waals surface area contributed by atoms with Gasteiger partial charge in [-0.05, 0) is 65.0 Å². The van der Waals surface area contributed by atoms with E-state index in [4.69, 9.17) is 4.74 Å². The van der Waals surface area contributed by atoms with Gasteiger partial charge in [-0.3, -0.25) is 4.79 Å². The van der Waals surface area contributed by atoms with E-state index in [9.17, 15) is 9.59 Å². The number of hydrogen-bond acceptors (Lipinski definition) is 3. The Morgan fingerprint density at radius 1 is 1.04 bits per heavy atom. The van der Waals surface area contributed by atoms with Gasteiger partial charge in [-0.1, -0.05) is 23.8 Å². The molecule has 140 valence electrons. The average Bonchev–Trinajstić information content (AvgIpc) is 2.48. The number of benzene rings is 1. The highest BCUT2D eigenvalue weighted by Gasteiger charge is 2.15. The summed E-state index contributed by atoms with van der Waals surface area (Å²) in [6.45, 7) is 10.8. The van der Waals surface area contributed by atoms with Crippen LogP contribution in [0, 0.1) is 13.8 Å². The van der Waals surface area contributed by atoms with Crippen molar-refractivity contribution in [2.45, 2.75) is 65.9 Å². The number of amides is 2. The predicted molar refractivity (Wildman–Crippen MR) is 101 cm³/mol. The molecule has 0 aliphatic carbocycles. The van der Waals surface area contributed by atoms with Crippen LogP contribution >= 0.6 is 0 Å². The van der Waals surface area contributed by atoms with Crippen LogP contribution in [0.3, 0.4) is 0 Å². The molecule has 25 heavy (non-hydrogen) atoms. The van der Waals surface area contributed by atoms with E-state index in [1.54, 1.807) is 0 Å². The van der Waals surface area contributed by atoms with Gasteiger partial charge < -0.3 is 15.4 Å². The van der Waals surface area contributed by atoms with Crippen molar-refractivity contribution >= 4 is 12.0 Å². The quantitative estimate of drug-likeness (QED) is 0.705. The summed E-state index contributed by atoms with van der Waals surface area (Å²) in [7, 11) is 0. The molecule has 0 aromatic heterocycles. The lowest BCUT2D eigenvalue weighted by Crippen LogP contribution is -2.33. The summed E-state index contributed by atoms with van der Waals surface area (Å²) in [6.07, 6.45) is 2.45. The summed E-state index contributed by atoms with van der Waals surface area (Å²) in [5.41, 5.74) is 3.41. The van der Waals surface area contributed by atoms with Crippen molar-refractivity contribution < 1.29 is 14.3 Å².